The fourth-order valence-electron chi connectivity index (χ4n) is 2.99. The molecule has 0 radical (unpaired) electrons. The minimum atomic E-state index is -0.305. The summed E-state index contributed by atoms with van der Waals surface area (Å²) in [5.74, 6) is 1.62. The molecule has 1 N–H and O–H groups in total. The number of rotatable bonds is 10. The Bertz CT molecular complexity index is 879. The van der Waals surface area contributed by atoms with Gasteiger partial charge in [-0.2, -0.15) is 0 Å². The lowest BCUT2D eigenvalue weighted by Crippen LogP contribution is -2.42. The molecule has 4 heteroatoms. The Morgan fingerprint density at radius 3 is 2.03 bits per heavy atom. The van der Waals surface area contributed by atoms with Crippen LogP contribution in [-0.2, 0) is 6.61 Å². The average molecular weight is 389 g/mol. The molecular weight excluding hydrogens is 362 g/mol. The molecule has 0 heterocycles. The van der Waals surface area contributed by atoms with Crippen LogP contribution < -0.4 is 14.8 Å². The Morgan fingerprint density at radius 2 is 1.38 bits per heavy atom. The topological polar surface area (TPSA) is 47.6 Å². The summed E-state index contributed by atoms with van der Waals surface area (Å²) in [4.78, 5) is 12.7. The van der Waals surface area contributed by atoms with Crippen LogP contribution in [0.3, 0.4) is 0 Å². The largest absolute Gasteiger partial charge is 0.492 e. The van der Waals surface area contributed by atoms with Crippen LogP contribution >= 0.6 is 0 Å². The van der Waals surface area contributed by atoms with Gasteiger partial charge in [0.2, 0.25) is 0 Å². The summed E-state index contributed by atoms with van der Waals surface area (Å²) < 4.78 is 11.5. The van der Waals surface area contributed by atoms with Crippen LogP contribution in [0, 0.1) is 0 Å². The SMILES string of the molecule is CC(COc1ccccc1)NC(C)C(=O)c1ccc(OCc2ccccc2)cc1. The van der Waals surface area contributed by atoms with Crippen LogP contribution in [-0.4, -0.2) is 24.5 Å². The van der Waals surface area contributed by atoms with Crippen LogP contribution in [0.5, 0.6) is 11.5 Å². The number of Topliss-reactive ketones (excluding diaryl/α,β-unsaturated/α-hetero) is 1. The lowest BCUT2D eigenvalue weighted by molar-refractivity contribution is 0.0940. The zero-order valence-electron chi connectivity index (χ0n) is 16.9. The van der Waals surface area contributed by atoms with Crippen molar-refractivity contribution in [1.29, 1.82) is 0 Å². The smallest absolute Gasteiger partial charge is 0.179 e. The molecule has 0 saturated heterocycles. The van der Waals surface area contributed by atoms with Crippen LogP contribution in [0.1, 0.15) is 29.8 Å². The fraction of sp³-hybridized carbons (Fsp3) is 0.240. The van der Waals surface area contributed by atoms with Gasteiger partial charge in [0.05, 0.1) is 6.04 Å². The van der Waals surface area contributed by atoms with Gasteiger partial charge < -0.3 is 14.8 Å². The van der Waals surface area contributed by atoms with Gasteiger partial charge in [0, 0.05) is 11.6 Å². The number of carbonyl (C=O) groups excluding carboxylic acids is 1. The van der Waals surface area contributed by atoms with E-state index < -0.39 is 0 Å². The number of ether oxygens (including phenoxy) is 2. The predicted molar refractivity (Wildman–Crippen MR) is 116 cm³/mol. The summed E-state index contributed by atoms with van der Waals surface area (Å²) in [5, 5.41) is 3.30. The van der Waals surface area contributed by atoms with E-state index in [2.05, 4.69) is 5.32 Å². The van der Waals surface area contributed by atoms with Gasteiger partial charge in [-0.25, -0.2) is 0 Å². The average Bonchev–Trinajstić information content (AvgIpc) is 2.77. The van der Waals surface area contributed by atoms with E-state index in [0.29, 0.717) is 18.8 Å². The van der Waals surface area contributed by atoms with Crippen LogP contribution in [0.15, 0.2) is 84.9 Å². The summed E-state index contributed by atoms with van der Waals surface area (Å²) >= 11 is 0. The first-order valence-electron chi connectivity index (χ1n) is 9.86. The maximum absolute atomic E-state index is 12.7. The van der Waals surface area contributed by atoms with E-state index in [1.54, 1.807) is 0 Å². The van der Waals surface area contributed by atoms with Gasteiger partial charge in [0.15, 0.2) is 5.78 Å². The number of hydrogen-bond acceptors (Lipinski definition) is 4. The van der Waals surface area contributed by atoms with Crippen molar-refractivity contribution in [1.82, 2.24) is 5.32 Å². The van der Waals surface area contributed by atoms with Gasteiger partial charge >= 0.3 is 0 Å². The first-order valence-corrected chi connectivity index (χ1v) is 9.86. The van der Waals surface area contributed by atoms with E-state index in [1.165, 1.54) is 0 Å². The zero-order valence-corrected chi connectivity index (χ0v) is 16.9. The lowest BCUT2D eigenvalue weighted by Gasteiger charge is -2.20. The Balaban J connectivity index is 1.47. The highest BCUT2D eigenvalue weighted by Gasteiger charge is 2.17. The Kier molecular flexibility index (Phi) is 7.42. The molecule has 29 heavy (non-hydrogen) atoms. The van der Waals surface area contributed by atoms with Gasteiger partial charge in [-0.1, -0.05) is 48.5 Å². The number of hydrogen-bond donors (Lipinski definition) is 1. The first kappa shape index (κ1) is 20.6. The highest BCUT2D eigenvalue weighted by Crippen LogP contribution is 2.16. The number of carbonyl (C=O) groups is 1. The normalized spacial score (nSPS) is 12.8. The van der Waals surface area contributed by atoms with Crippen LogP contribution in [0.25, 0.3) is 0 Å². The Hall–Kier alpha value is -3.11. The molecule has 4 nitrogen and oxygen atoms in total. The third-order valence-electron chi connectivity index (χ3n) is 4.56. The zero-order chi connectivity index (χ0) is 20.5. The molecule has 2 atom stereocenters. The molecule has 150 valence electrons. The molecule has 0 saturated carbocycles. The number of benzene rings is 3. The molecule has 0 aliphatic rings. The number of nitrogens with one attached hydrogen (secondary N) is 1. The summed E-state index contributed by atoms with van der Waals surface area (Å²) in [5.41, 5.74) is 1.77. The summed E-state index contributed by atoms with van der Waals surface area (Å²) in [6.45, 7) is 4.88. The predicted octanol–water partition coefficient (Wildman–Crippen LogP) is 4.89. The third-order valence-corrected chi connectivity index (χ3v) is 4.56. The monoisotopic (exact) mass is 389 g/mol. The molecule has 0 bridgehead atoms. The molecule has 3 aromatic carbocycles. The molecule has 0 aliphatic carbocycles. The summed E-state index contributed by atoms with van der Waals surface area (Å²) in [6.07, 6.45) is 0. The lowest BCUT2D eigenvalue weighted by atomic mass is 10.0. The molecule has 0 aromatic heterocycles. The van der Waals surface area contributed by atoms with Gasteiger partial charge in [0.25, 0.3) is 0 Å². The highest BCUT2D eigenvalue weighted by atomic mass is 16.5. The second kappa shape index (κ2) is 10.4. The van der Waals surface area contributed by atoms with Crippen molar-refractivity contribution in [3.63, 3.8) is 0 Å². The summed E-state index contributed by atoms with van der Waals surface area (Å²) in [6, 6.07) is 26.7. The standard InChI is InChI=1S/C25H27NO3/c1-19(17-28-23-11-7-4-8-12-23)26-20(2)25(27)22-13-15-24(16-14-22)29-18-21-9-5-3-6-10-21/h3-16,19-20,26H,17-18H2,1-2H3. The van der Waals surface area contributed by atoms with Crippen molar-refractivity contribution in [2.24, 2.45) is 0 Å². The third kappa shape index (κ3) is 6.47. The minimum absolute atomic E-state index is 0.0441. The summed E-state index contributed by atoms with van der Waals surface area (Å²) in [7, 11) is 0. The van der Waals surface area contributed by atoms with E-state index >= 15 is 0 Å². The van der Waals surface area contributed by atoms with Crippen molar-refractivity contribution < 1.29 is 14.3 Å². The van der Waals surface area contributed by atoms with E-state index in [4.69, 9.17) is 9.47 Å². The second-order valence-electron chi connectivity index (χ2n) is 7.08. The molecule has 3 rings (SSSR count). The van der Waals surface area contributed by atoms with Gasteiger partial charge in [-0.15, -0.1) is 0 Å². The molecule has 0 aliphatic heterocycles. The second-order valence-corrected chi connectivity index (χ2v) is 7.08. The fourth-order valence-corrected chi connectivity index (χ4v) is 2.99. The molecular formula is C25H27NO3. The molecule has 3 aromatic rings. The van der Waals surface area contributed by atoms with E-state index in [0.717, 1.165) is 17.1 Å². The number of para-hydroxylation sites is 1. The molecule has 0 amide bonds. The molecule has 0 fully saturated rings. The highest BCUT2D eigenvalue weighted by molar-refractivity contribution is 5.99. The quantitative estimate of drug-likeness (QED) is 0.501. The van der Waals surface area contributed by atoms with Crippen molar-refractivity contribution in [3.05, 3.63) is 96.1 Å². The first-order chi connectivity index (χ1) is 14.1. The van der Waals surface area contributed by atoms with Crippen molar-refractivity contribution in [3.8, 4) is 11.5 Å². The van der Waals surface area contributed by atoms with E-state index in [-0.39, 0.29) is 17.9 Å². The molecule has 2 unspecified atom stereocenters. The van der Waals surface area contributed by atoms with Gasteiger partial charge in [-0.3, -0.25) is 4.79 Å². The Morgan fingerprint density at radius 1 is 0.793 bits per heavy atom. The van der Waals surface area contributed by atoms with Gasteiger partial charge in [-0.05, 0) is 55.8 Å². The van der Waals surface area contributed by atoms with Gasteiger partial charge in [0.1, 0.15) is 24.7 Å². The molecule has 0 spiro atoms. The van der Waals surface area contributed by atoms with E-state index in [1.807, 2.05) is 98.8 Å². The Labute approximate surface area is 172 Å². The maximum atomic E-state index is 12.7. The number of ketones is 1. The maximum Gasteiger partial charge on any atom is 0.179 e. The minimum Gasteiger partial charge on any atom is -0.492 e. The van der Waals surface area contributed by atoms with Crippen molar-refractivity contribution >= 4 is 5.78 Å². The van der Waals surface area contributed by atoms with Crippen molar-refractivity contribution in [2.45, 2.75) is 32.5 Å². The van der Waals surface area contributed by atoms with Crippen LogP contribution in [0.4, 0.5) is 0 Å². The van der Waals surface area contributed by atoms with Crippen LogP contribution in [0.2, 0.25) is 0 Å². The van der Waals surface area contributed by atoms with Crippen molar-refractivity contribution in [2.75, 3.05) is 6.61 Å². The van der Waals surface area contributed by atoms with E-state index in [9.17, 15) is 4.79 Å².